The van der Waals surface area contributed by atoms with Gasteiger partial charge in [-0.3, -0.25) is 4.90 Å². The predicted molar refractivity (Wildman–Crippen MR) is 127 cm³/mol. The van der Waals surface area contributed by atoms with Crippen LogP contribution in [0.2, 0.25) is 0 Å². The van der Waals surface area contributed by atoms with Gasteiger partial charge in [-0.25, -0.2) is 9.59 Å². The number of ether oxygens (including phenoxy) is 2. The van der Waals surface area contributed by atoms with Gasteiger partial charge in [-0.15, -0.1) is 0 Å². The molecule has 172 valence electrons. The number of nitrogens with one attached hydrogen (secondary N) is 2. The Bertz CT molecular complexity index is 1080. The molecule has 0 fully saturated rings. The third-order valence-corrected chi connectivity index (χ3v) is 5.90. The summed E-state index contributed by atoms with van der Waals surface area (Å²) in [6, 6.07) is 16.7. The van der Waals surface area contributed by atoms with E-state index in [1.807, 2.05) is 42.5 Å². The van der Waals surface area contributed by atoms with Gasteiger partial charge in [0.15, 0.2) is 0 Å². The first-order chi connectivity index (χ1) is 16.1. The SMILES string of the molecule is CCOC(=O)C1=C(CN2CC=C(c3ccccc3)CC2)NC(=O)N[C@@H]1c1cccc(OC)c1. The highest BCUT2D eigenvalue weighted by Gasteiger charge is 2.34. The van der Waals surface area contributed by atoms with Crippen molar-refractivity contribution in [2.75, 3.05) is 33.4 Å². The Kier molecular flexibility index (Phi) is 7.10. The lowest BCUT2D eigenvalue weighted by molar-refractivity contribution is -0.139. The first kappa shape index (κ1) is 22.6. The summed E-state index contributed by atoms with van der Waals surface area (Å²) in [4.78, 5) is 27.8. The van der Waals surface area contributed by atoms with Crippen molar-refractivity contribution in [1.29, 1.82) is 0 Å². The Hall–Kier alpha value is -3.58. The van der Waals surface area contributed by atoms with Gasteiger partial charge in [-0.1, -0.05) is 48.5 Å². The van der Waals surface area contributed by atoms with Crippen LogP contribution >= 0.6 is 0 Å². The Labute approximate surface area is 194 Å². The van der Waals surface area contributed by atoms with Crippen molar-refractivity contribution in [2.45, 2.75) is 19.4 Å². The van der Waals surface area contributed by atoms with E-state index in [0.29, 0.717) is 23.6 Å². The summed E-state index contributed by atoms with van der Waals surface area (Å²) in [7, 11) is 1.58. The number of esters is 1. The van der Waals surface area contributed by atoms with Crippen LogP contribution in [0.5, 0.6) is 5.75 Å². The van der Waals surface area contributed by atoms with Crippen molar-refractivity contribution < 1.29 is 19.1 Å². The summed E-state index contributed by atoms with van der Waals surface area (Å²) in [5.74, 6) is 0.213. The molecule has 7 heteroatoms. The number of benzene rings is 2. The zero-order valence-corrected chi connectivity index (χ0v) is 19.0. The normalized spacial score (nSPS) is 18.8. The average Bonchev–Trinajstić information content (AvgIpc) is 2.85. The number of carbonyl (C=O) groups is 2. The van der Waals surface area contributed by atoms with Crippen LogP contribution in [-0.4, -0.2) is 50.3 Å². The average molecular weight is 448 g/mol. The summed E-state index contributed by atoms with van der Waals surface area (Å²) in [5, 5.41) is 5.73. The standard InChI is InChI=1S/C26H29N3O4/c1-3-33-25(30)23-22(17-29-14-12-19(13-15-29)18-8-5-4-6-9-18)27-26(31)28-24(23)20-10-7-11-21(16-20)32-2/h4-12,16,24H,3,13-15,17H2,1-2H3,(H2,27,28,31)/t24-/m1/s1. The molecule has 2 aromatic rings. The van der Waals surface area contributed by atoms with Gasteiger partial charge in [-0.2, -0.15) is 0 Å². The Morgan fingerprint density at radius 1 is 1.15 bits per heavy atom. The minimum atomic E-state index is -0.622. The van der Waals surface area contributed by atoms with Crippen LogP contribution in [0.15, 0.2) is 71.9 Å². The van der Waals surface area contributed by atoms with Gasteiger partial charge < -0.3 is 20.1 Å². The van der Waals surface area contributed by atoms with Crippen molar-refractivity contribution >= 4 is 17.6 Å². The quantitative estimate of drug-likeness (QED) is 0.634. The maximum atomic E-state index is 13.0. The molecule has 0 aromatic heterocycles. The van der Waals surface area contributed by atoms with Crippen molar-refractivity contribution in [3.63, 3.8) is 0 Å². The van der Waals surface area contributed by atoms with Crippen LogP contribution in [0, 0.1) is 0 Å². The summed E-state index contributed by atoms with van der Waals surface area (Å²) in [5.41, 5.74) is 4.30. The van der Waals surface area contributed by atoms with E-state index < -0.39 is 12.0 Å². The number of hydrogen-bond acceptors (Lipinski definition) is 5. The number of urea groups is 1. The predicted octanol–water partition coefficient (Wildman–Crippen LogP) is 3.66. The largest absolute Gasteiger partial charge is 0.497 e. The lowest BCUT2D eigenvalue weighted by Gasteiger charge is -2.33. The van der Waals surface area contributed by atoms with Crippen LogP contribution in [-0.2, 0) is 9.53 Å². The highest BCUT2D eigenvalue weighted by molar-refractivity contribution is 5.95. The van der Waals surface area contributed by atoms with Crippen molar-refractivity contribution in [3.05, 3.63) is 83.1 Å². The molecule has 33 heavy (non-hydrogen) atoms. The molecule has 4 rings (SSSR count). The van der Waals surface area contributed by atoms with Crippen molar-refractivity contribution in [1.82, 2.24) is 15.5 Å². The maximum Gasteiger partial charge on any atom is 0.338 e. The van der Waals surface area contributed by atoms with E-state index in [1.54, 1.807) is 14.0 Å². The Balaban J connectivity index is 1.62. The zero-order valence-electron chi connectivity index (χ0n) is 19.0. The summed E-state index contributed by atoms with van der Waals surface area (Å²) >= 11 is 0. The second-order valence-corrected chi connectivity index (χ2v) is 8.00. The second kappa shape index (κ2) is 10.4. The lowest BCUT2D eigenvalue weighted by atomic mass is 9.94. The van der Waals surface area contributed by atoms with Crippen LogP contribution in [0.4, 0.5) is 4.79 Å². The third kappa shape index (κ3) is 5.26. The van der Waals surface area contributed by atoms with E-state index >= 15 is 0 Å². The fourth-order valence-electron chi connectivity index (χ4n) is 4.26. The summed E-state index contributed by atoms with van der Waals surface area (Å²) < 4.78 is 10.7. The monoisotopic (exact) mass is 447 g/mol. The summed E-state index contributed by atoms with van der Waals surface area (Å²) in [6.07, 6.45) is 3.11. The molecular formula is C26H29N3O4. The molecule has 2 aliphatic rings. The molecule has 0 aliphatic carbocycles. The highest BCUT2D eigenvalue weighted by Crippen LogP contribution is 2.31. The third-order valence-electron chi connectivity index (χ3n) is 5.90. The fraction of sp³-hybridized carbons (Fsp3) is 0.308. The summed E-state index contributed by atoms with van der Waals surface area (Å²) in [6.45, 7) is 4.03. The molecule has 2 heterocycles. The smallest absolute Gasteiger partial charge is 0.338 e. The first-order valence-corrected chi connectivity index (χ1v) is 11.2. The van der Waals surface area contributed by atoms with Crippen LogP contribution in [0.3, 0.4) is 0 Å². The number of nitrogens with zero attached hydrogens (tertiary/aromatic N) is 1. The Morgan fingerprint density at radius 2 is 1.97 bits per heavy atom. The van der Waals surface area contributed by atoms with Crippen LogP contribution < -0.4 is 15.4 Å². The molecule has 0 saturated carbocycles. The van der Waals surface area contributed by atoms with E-state index in [0.717, 1.165) is 25.1 Å². The number of hydrogen-bond donors (Lipinski definition) is 2. The van der Waals surface area contributed by atoms with E-state index in [2.05, 4.69) is 33.7 Å². The van der Waals surface area contributed by atoms with Crippen LogP contribution in [0.25, 0.3) is 5.57 Å². The van der Waals surface area contributed by atoms with Gasteiger partial charge >= 0.3 is 12.0 Å². The van der Waals surface area contributed by atoms with Gasteiger partial charge in [0, 0.05) is 25.3 Å². The van der Waals surface area contributed by atoms with Gasteiger partial charge in [0.1, 0.15) is 5.75 Å². The van der Waals surface area contributed by atoms with Gasteiger partial charge in [0.2, 0.25) is 0 Å². The second-order valence-electron chi connectivity index (χ2n) is 8.00. The maximum absolute atomic E-state index is 13.0. The molecule has 2 aliphatic heterocycles. The first-order valence-electron chi connectivity index (χ1n) is 11.2. The van der Waals surface area contributed by atoms with Gasteiger partial charge in [0.05, 0.1) is 25.3 Å². The van der Waals surface area contributed by atoms with E-state index in [9.17, 15) is 9.59 Å². The number of amides is 2. The van der Waals surface area contributed by atoms with Crippen LogP contribution in [0.1, 0.15) is 30.5 Å². The van der Waals surface area contributed by atoms with Crippen molar-refractivity contribution in [3.8, 4) is 5.75 Å². The lowest BCUT2D eigenvalue weighted by Crippen LogP contribution is -2.48. The molecule has 0 bridgehead atoms. The fourth-order valence-corrected chi connectivity index (χ4v) is 4.26. The molecule has 2 amide bonds. The minimum Gasteiger partial charge on any atom is -0.497 e. The number of methoxy groups -OCH3 is 1. The molecule has 0 spiro atoms. The van der Waals surface area contributed by atoms with E-state index in [1.165, 1.54) is 11.1 Å². The number of rotatable bonds is 7. The topological polar surface area (TPSA) is 79.9 Å². The minimum absolute atomic E-state index is 0.251. The molecule has 0 unspecified atom stereocenters. The van der Waals surface area contributed by atoms with Crippen molar-refractivity contribution in [2.24, 2.45) is 0 Å². The molecule has 7 nitrogen and oxygen atoms in total. The number of carbonyl (C=O) groups excluding carboxylic acids is 2. The molecule has 1 atom stereocenters. The molecule has 0 radical (unpaired) electrons. The zero-order chi connectivity index (χ0) is 23.2. The molecular weight excluding hydrogens is 418 g/mol. The molecule has 0 saturated heterocycles. The van der Waals surface area contributed by atoms with Gasteiger partial charge in [-0.05, 0) is 42.2 Å². The Morgan fingerprint density at radius 3 is 2.67 bits per heavy atom. The molecule has 2 aromatic carbocycles. The van der Waals surface area contributed by atoms with Gasteiger partial charge in [0.25, 0.3) is 0 Å². The molecule has 2 N–H and O–H groups in total. The van der Waals surface area contributed by atoms with E-state index in [4.69, 9.17) is 9.47 Å². The highest BCUT2D eigenvalue weighted by atomic mass is 16.5. The van der Waals surface area contributed by atoms with E-state index in [-0.39, 0.29) is 12.6 Å².